The van der Waals surface area contributed by atoms with E-state index in [-0.39, 0.29) is 17.1 Å². The number of methoxy groups -OCH3 is 2. The fraction of sp³-hybridized carbons (Fsp3) is 0.222. The second-order valence-electron chi connectivity index (χ2n) is 11.4. The fourth-order valence-electron chi connectivity index (χ4n) is 4.59. The molecule has 0 aliphatic carbocycles. The molecule has 0 saturated carbocycles. The van der Waals surface area contributed by atoms with Crippen molar-refractivity contribution in [3.05, 3.63) is 114 Å². The Bertz CT molecular complexity index is 1780. The summed E-state index contributed by atoms with van der Waals surface area (Å²) in [6.45, 7) is 6.97. The largest absolute Gasteiger partial charge is 0.497 e. The molecule has 46 heavy (non-hydrogen) atoms. The summed E-state index contributed by atoms with van der Waals surface area (Å²) in [5.41, 5.74) is 7.44. The highest BCUT2D eigenvalue weighted by atomic mass is 32.2. The van der Waals surface area contributed by atoms with Crippen LogP contribution in [0.1, 0.15) is 37.5 Å². The zero-order valence-electron chi connectivity index (χ0n) is 26.6. The van der Waals surface area contributed by atoms with Crippen molar-refractivity contribution in [1.82, 2.24) is 20.2 Å². The van der Waals surface area contributed by atoms with Crippen molar-refractivity contribution in [2.45, 2.75) is 37.9 Å². The summed E-state index contributed by atoms with van der Waals surface area (Å²) in [4.78, 5) is 12.8. The summed E-state index contributed by atoms with van der Waals surface area (Å²) in [7, 11) is 3.22. The van der Waals surface area contributed by atoms with Gasteiger partial charge in [-0.15, -0.1) is 10.2 Å². The number of hydrazone groups is 1. The van der Waals surface area contributed by atoms with Gasteiger partial charge in [0.15, 0.2) is 22.5 Å². The van der Waals surface area contributed by atoms with Crippen LogP contribution in [0.25, 0.3) is 17.1 Å². The number of aromatic nitrogens is 3. The number of nitrogens with zero attached hydrogens (tertiary/aromatic N) is 4. The van der Waals surface area contributed by atoms with Crippen LogP contribution >= 0.6 is 11.8 Å². The molecule has 1 aromatic heterocycles. The van der Waals surface area contributed by atoms with Crippen molar-refractivity contribution in [3.8, 4) is 34.3 Å². The zero-order valence-corrected chi connectivity index (χ0v) is 27.4. The lowest BCUT2D eigenvalue weighted by molar-refractivity contribution is -0.118. The first-order valence-electron chi connectivity index (χ1n) is 14.8. The van der Waals surface area contributed by atoms with Gasteiger partial charge >= 0.3 is 0 Å². The van der Waals surface area contributed by atoms with E-state index in [9.17, 15) is 4.79 Å². The molecule has 0 aliphatic heterocycles. The Morgan fingerprint density at radius 2 is 1.63 bits per heavy atom. The van der Waals surface area contributed by atoms with Crippen LogP contribution in [0.5, 0.6) is 17.2 Å². The van der Waals surface area contributed by atoms with Gasteiger partial charge in [0.25, 0.3) is 5.91 Å². The molecule has 5 aromatic rings. The predicted octanol–water partition coefficient (Wildman–Crippen LogP) is 7.07. The summed E-state index contributed by atoms with van der Waals surface area (Å²) < 4.78 is 18.7. The highest BCUT2D eigenvalue weighted by Crippen LogP contribution is 2.31. The molecule has 10 heteroatoms. The number of ether oxygens (including phenoxy) is 3. The van der Waals surface area contributed by atoms with Gasteiger partial charge in [-0.2, -0.15) is 5.10 Å². The number of rotatable bonds is 12. The number of nitrogens with one attached hydrogen (secondary N) is 1. The van der Waals surface area contributed by atoms with Crippen molar-refractivity contribution in [2.24, 2.45) is 5.10 Å². The maximum atomic E-state index is 12.8. The summed E-state index contributed by atoms with van der Waals surface area (Å²) in [5.74, 6) is 2.42. The van der Waals surface area contributed by atoms with Crippen LogP contribution in [0, 0.1) is 0 Å². The molecule has 236 valence electrons. The maximum Gasteiger partial charge on any atom is 0.250 e. The molecule has 0 fully saturated rings. The maximum absolute atomic E-state index is 12.8. The predicted molar refractivity (Wildman–Crippen MR) is 182 cm³/mol. The van der Waals surface area contributed by atoms with Gasteiger partial charge in [0.2, 0.25) is 0 Å². The van der Waals surface area contributed by atoms with E-state index in [0.717, 1.165) is 28.1 Å². The third-order valence-electron chi connectivity index (χ3n) is 7.13. The van der Waals surface area contributed by atoms with E-state index in [4.69, 9.17) is 14.2 Å². The van der Waals surface area contributed by atoms with E-state index in [1.54, 1.807) is 26.5 Å². The van der Waals surface area contributed by atoms with Crippen molar-refractivity contribution < 1.29 is 19.0 Å². The standard InChI is InChI=1S/C36H37N5O4S/c1-36(2,3)28-14-12-27(13-15-28)34-39-40-35(41(34)29-16-18-30(43-4)19-17-29)46-24-33(42)38-37-22-26-11-20-31(32(21-26)44-5)45-23-25-9-7-6-8-10-25/h6-22H,23-24H2,1-5H3,(H,38,42). The van der Waals surface area contributed by atoms with Crippen LogP contribution in [0.3, 0.4) is 0 Å². The van der Waals surface area contributed by atoms with E-state index in [0.29, 0.717) is 29.1 Å². The van der Waals surface area contributed by atoms with Gasteiger partial charge in [0.05, 0.1) is 26.2 Å². The Hall–Kier alpha value is -5.09. The first kappa shape index (κ1) is 32.3. The second kappa shape index (κ2) is 14.8. The van der Waals surface area contributed by atoms with E-state index in [1.807, 2.05) is 71.3 Å². The van der Waals surface area contributed by atoms with Crippen LogP contribution < -0.4 is 19.6 Å². The van der Waals surface area contributed by atoms with Gasteiger partial charge in [-0.25, -0.2) is 5.43 Å². The van der Waals surface area contributed by atoms with Crippen LogP contribution in [0.2, 0.25) is 0 Å². The molecular formula is C36H37N5O4S. The molecule has 0 bridgehead atoms. The quantitative estimate of drug-likeness (QED) is 0.0889. The number of carbonyl (C=O) groups excluding carboxylic acids is 1. The van der Waals surface area contributed by atoms with Gasteiger partial charge in [-0.05, 0) is 64.6 Å². The Morgan fingerprint density at radius 3 is 2.30 bits per heavy atom. The third-order valence-corrected chi connectivity index (χ3v) is 8.06. The molecule has 0 spiro atoms. The molecular weight excluding hydrogens is 598 g/mol. The summed E-state index contributed by atoms with van der Waals surface area (Å²) in [6.07, 6.45) is 1.56. The van der Waals surface area contributed by atoms with Crippen molar-refractivity contribution in [1.29, 1.82) is 0 Å². The number of hydrogen-bond acceptors (Lipinski definition) is 8. The molecule has 9 nitrogen and oxygen atoms in total. The van der Waals surface area contributed by atoms with E-state index in [2.05, 4.69) is 65.8 Å². The molecule has 0 saturated heterocycles. The smallest absolute Gasteiger partial charge is 0.250 e. The van der Waals surface area contributed by atoms with Gasteiger partial charge in [-0.1, -0.05) is 87.1 Å². The lowest BCUT2D eigenvalue weighted by Gasteiger charge is -2.19. The molecule has 0 aliphatic rings. The highest BCUT2D eigenvalue weighted by Gasteiger charge is 2.19. The third kappa shape index (κ3) is 8.13. The molecule has 5 rings (SSSR count). The Morgan fingerprint density at radius 1 is 0.891 bits per heavy atom. The zero-order chi connectivity index (χ0) is 32.5. The first-order chi connectivity index (χ1) is 22.2. The molecule has 0 unspecified atom stereocenters. The van der Waals surface area contributed by atoms with Gasteiger partial charge in [0.1, 0.15) is 12.4 Å². The summed E-state index contributed by atoms with van der Waals surface area (Å²) in [6, 6.07) is 31.4. The minimum absolute atomic E-state index is 0.0332. The van der Waals surface area contributed by atoms with E-state index < -0.39 is 0 Å². The van der Waals surface area contributed by atoms with Gasteiger partial charge in [-0.3, -0.25) is 9.36 Å². The van der Waals surface area contributed by atoms with E-state index in [1.165, 1.54) is 17.3 Å². The summed E-state index contributed by atoms with van der Waals surface area (Å²) in [5, 5.41) is 13.7. The van der Waals surface area contributed by atoms with Crippen LogP contribution in [0.15, 0.2) is 107 Å². The SMILES string of the molecule is COc1ccc(-n2c(SCC(=O)NN=Cc3ccc(OCc4ccccc4)c(OC)c3)nnc2-c2ccc(C(C)(C)C)cc2)cc1. The number of amides is 1. The van der Waals surface area contributed by atoms with Crippen LogP contribution in [-0.4, -0.2) is 46.9 Å². The Balaban J connectivity index is 1.25. The number of hydrogen-bond donors (Lipinski definition) is 1. The van der Waals surface area contributed by atoms with Gasteiger partial charge < -0.3 is 14.2 Å². The normalized spacial score (nSPS) is 11.4. The highest BCUT2D eigenvalue weighted by molar-refractivity contribution is 7.99. The average Bonchev–Trinajstić information content (AvgIpc) is 3.50. The van der Waals surface area contributed by atoms with Crippen molar-refractivity contribution >= 4 is 23.9 Å². The topological polar surface area (TPSA) is 99.9 Å². The molecule has 1 heterocycles. The molecule has 1 amide bonds. The number of carbonyl (C=O) groups is 1. The molecule has 0 radical (unpaired) electrons. The lowest BCUT2D eigenvalue weighted by Crippen LogP contribution is -2.20. The van der Waals surface area contributed by atoms with Crippen LogP contribution in [0.4, 0.5) is 0 Å². The van der Waals surface area contributed by atoms with Crippen molar-refractivity contribution in [3.63, 3.8) is 0 Å². The van der Waals surface area contributed by atoms with Crippen LogP contribution in [-0.2, 0) is 16.8 Å². The minimum Gasteiger partial charge on any atom is -0.497 e. The molecule has 1 N–H and O–H groups in total. The van der Waals surface area contributed by atoms with Crippen molar-refractivity contribution in [2.75, 3.05) is 20.0 Å². The summed E-state index contributed by atoms with van der Waals surface area (Å²) >= 11 is 1.28. The molecule has 4 aromatic carbocycles. The van der Waals surface area contributed by atoms with Gasteiger partial charge in [0, 0.05) is 11.3 Å². The second-order valence-corrected chi connectivity index (χ2v) is 12.4. The fourth-order valence-corrected chi connectivity index (χ4v) is 5.34. The lowest BCUT2D eigenvalue weighted by atomic mass is 9.87. The molecule has 0 atom stereocenters. The average molecular weight is 636 g/mol. The number of thioether (sulfide) groups is 1. The minimum atomic E-state index is -0.281. The Labute approximate surface area is 273 Å². The Kier molecular flexibility index (Phi) is 10.4. The monoisotopic (exact) mass is 635 g/mol. The first-order valence-corrected chi connectivity index (χ1v) is 15.7. The number of benzene rings is 4. The van der Waals surface area contributed by atoms with E-state index >= 15 is 0 Å².